The zero-order valence-electron chi connectivity index (χ0n) is 10.8. The van der Waals surface area contributed by atoms with Crippen LogP contribution in [0.5, 0.6) is 0 Å². The SMILES string of the molecule is Cc1cc(C)nc(Sc2ccc(CO)c(C)c2)n1. The average Bonchev–Trinajstić information content (AvgIpc) is 2.27. The van der Waals surface area contributed by atoms with Crippen molar-refractivity contribution >= 4 is 11.8 Å². The van der Waals surface area contributed by atoms with Gasteiger partial charge in [0.05, 0.1) is 6.61 Å². The van der Waals surface area contributed by atoms with Crippen LogP contribution >= 0.6 is 11.8 Å². The number of aliphatic hydroxyl groups is 1. The van der Waals surface area contributed by atoms with E-state index in [9.17, 15) is 0 Å². The van der Waals surface area contributed by atoms with E-state index in [1.807, 2.05) is 39.0 Å². The van der Waals surface area contributed by atoms with Crippen LogP contribution in [-0.4, -0.2) is 15.1 Å². The molecule has 0 amide bonds. The van der Waals surface area contributed by atoms with Crippen molar-refractivity contribution in [1.82, 2.24) is 9.97 Å². The van der Waals surface area contributed by atoms with Gasteiger partial charge in [-0.05, 0) is 61.9 Å². The van der Waals surface area contributed by atoms with Gasteiger partial charge in [0.1, 0.15) is 0 Å². The molecule has 0 atom stereocenters. The second-order valence-corrected chi connectivity index (χ2v) is 5.32. The maximum absolute atomic E-state index is 9.14. The van der Waals surface area contributed by atoms with Crippen LogP contribution in [-0.2, 0) is 6.61 Å². The Kier molecular flexibility index (Phi) is 3.99. The van der Waals surface area contributed by atoms with Gasteiger partial charge in [0.25, 0.3) is 0 Å². The van der Waals surface area contributed by atoms with Crippen LogP contribution in [0.1, 0.15) is 22.5 Å². The van der Waals surface area contributed by atoms with E-state index in [-0.39, 0.29) is 6.61 Å². The lowest BCUT2D eigenvalue weighted by atomic mass is 10.1. The van der Waals surface area contributed by atoms with Crippen LogP contribution in [0.25, 0.3) is 0 Å². The van der Waals surface area contributed by atoms with Gasteiger partial charge in [-0.25, -0.2) is 9.97 Å². The third kappa shape index (κ3) is 3.09. The van der Waals surface area contributed by atoms with Crippen LogP contribution in [0.2, 0.25) is 0 Å². The van der Waals surface area contributed by atoms with E-state index in [0.717, 1.165) is 32.6 Å². The highest BCUT2D eigenvalue weighted by Crippen LogP contribution is 2.26. The molecule has 1 aromatic heterocycles. The largest absolute Gasteiger partial charge is 0.392 e. The summed E-state index contributed by atoms with van der Waals surface area (Å²) >= 11 is 1.55. The lowest BCUT2D eigenvalue weighted by Gasteiger charge is -2.06. The Balaban J connectivity index is 2.25. The van der Waals surface area contributed by atoms with E-state index < -0.39 is 0 Å². The van der Waals surface area contributed by atoms with E-state index in [4.69, 9.17) is 5.11 Å². The summed E-state index contributed by atoms with van der Waals surface area (Å²) in [6.07, 6.45) is 0. The minimum atomic E-state index is 0.0802. The Labute approximate surface area is 111 Å². The molecule has 0 saturated carbocycles. The molecule has 0 saturated heterocycles. The highest BCUT2D eigenvalue weighted by molar-refractivity contribution is 7.99. The van der Waals surface area contributed by atoms with Gasteiger partial charge in [-0.1, -0.05) is 6.07 Å². The Morgan fingerprint density at radius 2 is 1.72 bits per heavy atom. The highest BCUT2D eigenvalue weighted by Gasteiger charge is 2.04. The summed E-state index contributed by atoms with van der Waals surface area (Å²) in [6.45, 7) is 6.02. The van der Waals surface area contributed by atoms with Crippen molar-refractivity contribution < 1.29 is 5.11 Å². The van der Waals surface area contributed by atoms with Gasteiger partial charge in [-0.3, -0.25) is 0 Å². The van der Waals surface area contributed by atoms with Crippen molar-refractivity contribution in [2.75, 3.05) is 0 Å². The minimum absolute atomic E-state index is 0.0802. The van der Waals surface area contributed by atoms with Gasteiger partial charge < -0.3 is 5.11 Å². The molecule has 0 radical (unpaired) electrons. The van der Waals surface area contributed by atoms with Gasteiger partial charge in [0.15, 0.2) is 5.16 Å². The molecular weight excluding hydrogens is 244 g/mol. The summed E-state index contributed by atoms with van der Waals surface area (Å²) in [6, 6.07) is 7.95. The lowest BCUT2D eigenvalue weighted by Crippen LogP contribution is -1.93. The molecule has 18 heavy (non-hydrogen) atoms. The molecule has 0 fully saturated rings. The molecule has 0 spiro atoms. The predicted molar refractivity (Wildman–Crippen MR) is 72.7 cm³/mol. The standard InChI is InChI=1S/C14H16N2OS/c1-9-6-13(5-4-12(9)8-17)18-14-15-10(2)7-11(3)16-14/h4-7,17H,8H2,1-3H3. The van der Waals surface area contributed by atoms with Crippen LogP contribution < -0.4 is 0 Å². The van der Waals surface area contributed by atoms with E-state index >= 15 is 0 Å². The fourth-order valence-electron chi connectivity index (χ4n) is 1.75. The van der Waals surface area contributed by atoms with Crippen molar-refractivity contribution in [3.63, 3.8) is 0 Å². The number of aryl methyl sites for hydroxylation is 3. The van der Waals surface area contributed by atoms with Crippen molar-refractivity contribution in [3.05, 3.63) is 46.8 Å². The predicted octanol–water partition coefficient (Wildman–Crippen LogP) is 3.05. The molecule has 3 nitrogen and oxygen atoms in total. The third-order valence-electron chi connectivity index (χ3n) is 2.66. The van der Waals surface area contributed by atoms with Crippen molar-refractivity contribution in [1.29, 1.82) is 0 Å². The smallest absolute Gasteiger partial charge is 0.192 e. The lowest BCUT2D eigenvalue weighted by molar-refractivity contribution is 0.281. The molecule has 2 aromatic rings. The Morgan fingerprint density at radius 1 is 1.06 bits per heavy atom. The molecule has 0 aliphatic heterocycles. The third-order valence-corrected chi connectivity index (χ3v) is 3.51. The van der Waals surface area contributed by atoms with Crippen LogP contribution in [0, 0.1) is 20.8 Å². The first-order valence-electron chi connectivity index (χ1n) is 5.79. The van der Waals surface area contributed by atoms with Crippen molar-refractivity contribution in [2.45, 2.75) is 37.4 Å². The molecule has 1 heterocycles. The summed E-state index contributed by atoms with van der Waals surface area (Å²) in [5.41, 5.74) is 4.01. The zero-order chi connectivity index (χ0) is 13.1. The number of aromatic nitrogens is 2. The van der Waals surface area contributed by atoms with Crippen LogP contribution in [0.4, 0.5) is 0 Å². The summed E-state index contributed by atoms with van der Waals surface area (Å²) in [5, 5.41) is 9.91. The van der Waals surface area contributed by atoms with Gasteiger partial charge in [-0.2, -0.15) is 0 Å². The summed E-state index contributed by atoms with van der Waals surface area (Å²) < 4.78 is 0. The number of rotatable bonds is 3. The Morgan fingerprint density at radius 3 is 2.28 bits per heavy atom. The summed E-state index contributed by atoms with van der Waals surface area (Å²) in [7, 11) is 0. The topological polar surface area (TPSA) is 46.0 Å². The molecule has 0 aliphatic rings. The molecule has 2 rings (SSSR count). The second kappa shape index (κ2) is 5.50. The van der Waals surface area contributed by atoms with E-state index in [0.29, 0.717) is 0 Å². The molecule has 0 unspecified atom stereocenters. The fourth-order valence-corrected chi connectivity index (χ4v) is 2.72. The molecule has 0 aliphatic carbocycles. The number of hydrogen-bond donors (Lipinski definition) is 1. The Bertz CT molecular complexity index is 549. The van der Waals surface area contributed by atoms with Crippen molar-refractivity contribution in [2.24, 2.45) is 0 Å². The number of nitrogens with zero attached hydrogens (tertiary/aromatic N) is 2. The Hall–Kier alpha value is -1.39. The van der Waals surface area contributed by atoms with Gasteiger partial charge in [0.2, 0.25) is 0 Å². The van der Waals surface area contributed by atoms with Gasteiger partial charge in [-0.15, -0.1) is 0 Å². The molecule has 0 bridgehead atoms. The maximum atomic E-state index is 9.14. The molecule has 4 heteroatoms. The molecular formula is C14H16N2OS. The first-order chi connectivity index (χ1) is 8.58. The monoisotopic (exact) mass is 260 g/mol. The number of aliphatic hydroxyl groups excluding tert-OH is 1. The molecule has 1 N–H and O–H groups in total. The first-order valence-corrected chi connectivity index (χ1v) is 6.60. The van der Waals surface area contributed by atoms with Crippen LogP contribution in [0.3, 0.4) is 0 Å². The van der Waals surface area contributed by atoms with Crippen LogP contribution in [0.15, 0.2) is 34.3 Å². The minimum Gasteiger partial charge on any atom is -0.392 e. The van der Waals surface area contributed by atoms with Crippen molar-refractivity contribution in [3.8, 4) is 0 Å². The van der Waals surface area contributed by atoms with Gasteiger partial charge >= 0.3 is 0 Å². The van der Waals surface area contributed by atoms with E-state index in [1.54, 1.807) is 11.8 Å². The molecule has 94 valence electrons. The maximum Gasteiger partial charge on any atom is 0.192 e. The quantitative estimate of drug-likeness (QED) is 0.862. The highest BCUT2D eigenvalue weighted by atomic mass is 32.2. The molecule has 1 aromatic carbocycles. The van der Waals surface area contributed by atoms with Gasteiger partial charge in [0, 0.05) is 16.3 Å². The number of hydrogen-bond acceptors (Lipinski definition) is 4. The first kappa shape index (κ1) is 13.1. The van der Waals surface area contributed by atoms with E-state index in [2.05, 4.69) is 16.0 Å². The summed E-state index contributed by atoms with van der Waals surface area (Å²) in [4.78, 5) is 9.90. The summed E-state index contributed by atoms with van der Waals surface area (Å²) in [5.74, 6) is 0. The van der Waals surface area contributed by atoms with E-state index in [1.165, 1.54) is 0 Å². The number of benzene rings is 1. The normalized spacial score (nSPS) is 10.7. The fraction of sp³-hybridized carbons (Fsp3) is 0.286. The second-order valence-electron chi connectivity index (χ2n) is 4.28. The average molecular weight is 260 g/mol. The zero-order valence-corrected chi connectivity index (χ0v) is 11.6.